The van der Waals surface area contributed by atoms with Crippen LogP contribution in [-0.2, 0) is 6.54 Å². The van der Waals surface area contributed by atoms with Crippen molar-refractivity contribution < 1.29 is 9.18 Å². The van der Waals surface area contributed by atoms with Crippen LogP contribution in [0.25, 0.3) is 0 Å². The van der Waals surface area contributed by atoms with Gasteiger partial charge in [-0.2, -0.15) is 0 Å². The number of benzene rings is 1. The zero-order valence-corrected chi connectivity index (χ0v) is 13.5. The molecule has 2 aromatic heterocycles. The molecule has 3 rings (SSSR count). The first kappa shape index (κ1) is 16.5. The second kappa shape index (κ2) is 7.48. The summed E-state index contributed by atoms with van der Waals surface area (Å²) in [6.45, 7) is 2.21. The molecule has 1 aromatic carbocycles. The highest BCUT2D eigenvalue weighted by atomic mass is 19.1. The number of hydrogen-bond acceptors (Lipinski definition) is 5. The summed E-state index contributed by atoms with van der Waals surface area (Å²) in [5.74, 6) is -0.526. The van der Waals surface area contributed by atoms with Crippen molar-refractivity contribution in [1.29, 1.82) is 0 Å². The van der Waals surface area contributed by atoms with Crippen molar-refractivity contribution in [3.05, 3.63) is 77.6 Å². The Hall–Kier alpha value is -3.35. The third-order valence-corrected chi connectivity index (χ3v) is 3.32. The van der Waals surface area contributed by atoms with Gasteiger partial charge in [-0.15, -0.1) is 0 Å². The van der Waals surface area contributed by atoms with Gasteiger partial charge in [-0.3, -0.25) is 9.78 Å². The molecule has 0 aliphatic rings. The number of aryl methyl sites for hydroxylation is 1. The Morgan fingerprint density at radius 2 is 2.00 bits per heavy atom. The van der Waals surface area contributed by atoms with E-state index in [4.69, 9.17) is 0 Å². The van der Waals surface area contributed by atoms with E-state index in [1.807, 2.05) is 18.2 Å². The SMILES string of the molecule is Cc1cc(C(=O)Nc2cccc(F)c2)nc(NCc2ccccn2)n1. The number of aromatic nitrogens is 3. The Kier molecular flexibility index (Phi) is 4.94. The molecule has 25 heavy (non-hydrogen) atoms. The Morgan fingerprint density at radius 1 is 1.12 bits per heavy atom. The third-order valence-electron chi connectivity index (χ3n) is 3.32. The molecule has 0 unspecified atom stereocenters. The monoisotopic (exact) mass is 337 g/mol. The van der Waals surface area contributed by atoms with E-state index in [1.54, 1.807) is 25.3 Å². The van der Waals surface area contributed by atoms with Gasteiger partial charge in [0.05, 0.1) is 12.2 Å². The number of carbonyl (C=O) groups is 1. The summed E-state index contributed by atoms with van der Waals surface area (Å²) in [5.41, 5.74) is 2.03. The zero-order valence-electron chi connectivity index (χ0n) is 13.5. The Bertz CT molecular complexity index is 886. The second-order valence-electron chi connectivity index (χ2n) is 5.36. The van der Waals surface area contributed by atoms with Crippen LogP contribution < -0.4 is 10.6 Å². The molecule has 0 aliphatic heterocycles. The number of rotatable bonds is 5. The van der Waals surface area contributed by atoms with E-state index in [-0.39, 0.29) is 5.69 Å². The molecule has 0 bridgehead atoms. The smallest absolute Gasteiger partial charge is 0.274 e. The maximum atomic E-state index is 13.2. The summed E-state index contributed by atoms with van der Waals surface area (Å²) in [4.78, 5) is 25.0. The number of nitrogens with one attached hydrogen (secondary N) is 2. The second-order valence-corrected chi connectivity index (χ2v) is 5.36. The molecule has 7 heteroatoms. The zero-order chi connectivity index (χ0) is 17.6. The summed E-state index contributed by atoms with van der Waals surface area (Å²) in [6.07, 6.45) is 1.70. The average molecular weight is 337 g/mol. The van der Waals surface area contributed by atoms with E-state index in [2.05, 4.69) is 25.6 Å². The van der Waals surface area contributed by atoms with Crippen molar-refractivity contribution in [3.8, 4) is 0 Å². The number of carbonyl (C=O) groups excluding carboxylic acids is 1. The normalized spacial score (nSPS) is 10.3. The number of nitrogens with zero attached hydrogens (tertiary/aromatic N) is 3. The standard InChI is InChI=1S/C18H16FN5O/c1-12-9-16(17(25)23-14-7-4-5-13(19)10-14)24-18(22-12)21-11-15-6-2-3-8-20-15/h2-10H,11H2,1H3,(H,23,25)(H,21,22,24). The van der Waals surface area contributed by atoms with E-state index >= 15 is 0 Å². The van der Waals surface area contributed by atoms with Gasteiger partial charge in [0.25, 0.3) is 5.91 Å². The fourth-order valence-electron chi connectivity index (χ4n) is 2.20. The molecule has 0 spiro atoms. The molecule has 0 aliphatic carbocycles. The maximum absolute atomic E-state index is 13.2. The largest absolute Gasteiger partial charge is 0.349 e. The van der Waals surface area contributed by atoms with Crippen LogP contribution in [0.1, 0.15) is 21.9 Å². The van der Waals surface area contributed by atoms with Crippen molar-refractivity contribution >= 4 is 17.5 Å². The van der Waals surface area contributed by atoms with Gasteiger partial charge in [0, 0.05) is 17.6 Å². The quantitative estimate of drug-likeness (QED) is 0.747. The lowest BCUT2D eigenvalue weighted by molar-refractivity contribution is 0.102. The predicted octanol–water partition coefficient (Wildman–Crippen LogP) is 3.18. The summed E-state index contributed by atoms with van der Waals surface area (Å²) in [6, 6.07) is 12.9. The molecule has 0 saturated carbocycles. The average Bonchev–Trinajstić information content (AvgIpc) is 2.60. The highest BCUT2D eigenvalue weighted by Crippen LogP contribution is 2.12. The molecule has 126 valence electrons. The lowest BCUT2D eigenvalue weighted by Gasteiger charge is -2.09. The van der Waals surface area contributed by atoms with Crippen molar-refractivity contribution in [3.63, 3.8) is 0 Å². The van der Waals surface area contributed by atoms with Crippen LogP contribution in [-0.4, -0.2) is 20.9 Å². The van der Waals surface area contributed by atoms with Gasteiger partial charge in [0.1, 0.15) is 11.5 Å². The highest BCUT2D eigenvalue weighted by molar-refractivity contribution is 6.03. The minimum Gasteiger partial charge on any atom is -0.349 e. The van der Waals surface area contributed by atoms with Gasteiger partial charge in [-0.05, 0) is 43.3 Å². The number of hydrogen-bond donors (Lipinski definition) is 2. The van der Waals surface area contributed by atoms with E-state index in [0.717, 1.165) is 5.69 Å². The molecular formula is C18H16FN5O. The first-order valence-corrected chi connectivity index (χ1v) is 7.66. The van der Waals surface area contributed by atoms with Crippen molar-refractivity contribution in [2.45, 2.75) is 13.5 Å². The molecule has 3 aromatic rings. The first-order valence-electron chi connectivity index (χ1n) is 7.66. The van der Waals surface area contributed by atoms with E-state index < -0.39 is 11.7 Å². The maximum Gasteiger partial charge on any atom is 0.274 e. The van der Waals surface area contributed by atoms with Crippen molar-refractivity contribution in [2.75, 3.05) is 10.6 Å². The molecule has 1 amide bonds. The number of pyridine rings is 1. The van der Waals surface area contributed by atoms with E-state index in [0.29, 0.717) is 23.9 Å². The number of anilines is 2. The number of halogens is 1. The van der Waals surface area contributed by atoms with Crippen LogP contribution in [0.3, 0.4) is 0 Å². The summed E-state index contributed by atoms with van der Waals surface area (Å²) in [7, 11) is 0. The molecule has 0 atom stereocenters. The lowest BCUT2D eigenvalue weighted by Crippen LogP contribution is -2.16. The molecule has 0 fully saturated rings. The molecule has 2 N–H and O–H groups in total. The van der Waals surface area contributed by atoms with Crippen LogP contribution in [0.5, 0.6) is 0 Å². The van der Waals surface area contributed by atoms with Crippen molar-refractivity contribution in [2.24, 2.45) is 0 Å². The Balaban J connectivity index is 1.73. The van der Waals surface area contributed by atoms with Crippen LogP contribution in [0.4, 0.5) is 16.0 Å². The lowest BCUT2D eigenvalue weighted by atomic mass is 10.2. The van der Waals surface area contributed by atoms with Gasteiger partial charge in [0.15, 0.2) is 0 Å². The van der Waals surface area contributed by atoms with E-state index in [9.17, 15) is 9.18 Å². The first-order chi connectivity index (χ1) is 12.1. The molecule has 6 nitrogen and oxygen atoms in total. The highest BCUT2D eigenvalue weighted by Gasteiger charge is 2.11. The van der Waals surface area contributed by atoms with Gasteiger partial charge < -0.3 is 10.6 Å². The minimum absolute atomic E-state index is 0.195. The third kappa shape index (κ3) is 4.57. The minimum atomic E-state index is -0.433. The summed E-state index contributed by atoms with van der Waals surface area (Å²) < 4.78 is 13.2. The van der Waals surface area contributed by atoms with Crippen molar-refractivity contribution in [1.82, 2.24) is 15.0 Å². The Morgan fingerprint density at radius 3 is 2.76 bits per heavy atom. The fraction of sp³-hybridized carbons (Fsp3) is 0.111. The van der Waals surface area contributed by atoms with Gasteiger partial charge in [-0.1, -0.05) is 12.1 Å². The topological polar surface area (TPSA) is 79.8 Å². The van der Waals surface area contributed by atoms with Crippen LogP contribution in [0.15, 0.2) is 54.7 Å². The summed E-state index contributed by atoms with van der Waals surface area (Å²) >= 11 is 0. The molecular weight excluding hydrogens is 321 g/mol. The molecule has 0 saturated heterocycles. The molecule has 0 radical (unpaired) electrons. The Labute approximate surface area is 144 Å². The van der Waals surface area contributed by atoms with Gasteiger partial charge in [0.2, 0.25) is 5.95 Å². The van der Waals surface area contributed by atoms with E-state index in [1.165, 1.54) is 18.2 Å². The number of amides is 1. The van der Waals surface area contributed by atoms with Crippen LogP contribution in [0.2, 0.25) is 0 Å². The fourth-order valence-corrected chi connectivity index (χ4v) is 2.20. The van der Waals surface area contributed by atoms with Crippen LogP contribution in [0, 0.1) is 12.7 Å². The van der Waals surface area contributed by atoms with Crippen LogP contribution >= 0.6 is 0 Å². The van der Waals surface area contributed by atoms with Gasteiger partial charge in [-0.25, -0.2) is 14.4 Å². The van der Waals surface area contributed by atoms with Gasteiger partial charge >= 0.3 is 0 Å². The molecule has 2 heterocycles. The predicted molar refractivity (Wildman–Crippen MR) is 92.7 cm³/mol. The summed E-state index contributed by atoms with van der Waals surface area (Å²) in [5, 5.41) is 5.66.